The van der Waals surface area contributed by atoms with Crippen molar-refractivity contribution >= 4 is 11.6 Å². The van der Waals surface area contributed by atoms with Gasteiger partial charge in [-0.15, -0.1) is 0 Å². The van der Waals surface area contributed by atoms with E-state index in [2.05, 4.69) is 50.0 Å². The molecule has 0 saturated heterocycles. The third kappa shape index (κ3) is 5.88. The zero-order valence-electron chi connectivity index (χ0n) is 17.1. The molecular formula is C22H33N3O. The summed E-state index contributed by atoms with van der Waals surface area (Å²) in [6.07, 6.45) is 0.745. The number of aliphatic hydroxyl groups is 1. The van der Waals surface area contributed by atoms with Crippen molar-refractivity contribution in [1.82, 2.24) is 0 Å². The van der Waals surface area contributed by atoms with Gasteiger partial charge in [-0.25, -0.2) is 4.99 Å². The number of benzene rings is 2. The first-order chi connectivity index (χ1) is 12.1. The van der Waals surface area contributed by atoms with E-state index in [9.17, 15) is 0 Å². The summed E-state index contributed by atoms with van der Waals surface area (Å²) in [5, 5.41) is 8.36. The molecule has 0 radical (unpaired) electrons. The van der Waals surface area contributed by atoms with Gasteiger partial charge in [-0.3, -0.25) is 0 Å². The Balaban J connectivity index is 0.000000597. The molecule has 0 aromatic heterocycles. The minimum Gasteiger partial charge on any atom is -0.393 e. The zero-order valence-corrected chi connectivity index (χ0v) is 17.1. The largest absolute Gasteiger partial charge is 0.393 e. The molecule has 2 rings (SSSR count). The minimum absolute atomic E-state index is 0.0941. The van der Waals surface area contributed by atoms with E-state index in [1.54, 1.807) is 6.92 Å². The van der Waals surface area contributed by atoms with Gasteiger partial charge in [0.25, 0.3) is 0 Å². The number of hydrogen-bond donors (Lipinski definition) is 3. The summed E-state index contributed by atoms with van der Waals surface area (Å²) in [6, 6.07) is 8.74. The van der Waals surface area contributed by atoms with E-state index in [1.165, 1.54) is 27.8 Å². The number of aliphatic hydroxyl groups excluding tert-OH is 1. The van der Waals surface area contributed by atoms with E-state index in [4.69, 9.17) is 16.6 Å². The van der Waals surface area contributed by atoms with Crippen LogP contribution in [0.2, 0.25) is 0 Å². The van der Waals surface area contributed by atoms with Crippen LogP contribution in [0.3, 0.4) is 0 Å². The first-order valence-corrected chi connectivity index (χ1v) is 9.03. The highest BCUT2D eigenvalue weighted by atomic mass is 16.3. The number of guanidine groups is 1. The molecule has 0 fully saturated rings. The van der Waals surface area contributed by atoms with Crippen molar-refractivity contribution in [1.29, 1.82) is 0 Å². The number of hydrogen-bond acceptors (Lipinski definition) is 2. The Hall–Kier alpha value is -2.33. The quantitative estimate of drug-likeness (QED) is 0.556. The monoisotopic (exact) mass is 355 g/mol. The van der Waals surface area contributed by atoms with Crippen molar-refractivity contribution in [2.24, 2.45) is 16.5 Å². The topological polar surface area (TPSA) is 84.6 Å². The molecule has 1 unspecified atom stereocenters. The molecule has 2 aromatic rings. The van der Waals surface area contributed by atoms with Crippen LogP contribution in [0.1, 0.15) is 48.1 Å². The van der Waals surface area contributed by atoms with Crippen LogP contribution in [0.5, 0.6) is 0 Å². The van der Waals surface area contributed by atoms with Crippen molar-refractivity contribution in [2.45, 2.75) is 61.0 Å². The standard InChI is InChI=1S/C18H23N3.C4H10O/c1-10-6-11(2)16(12(3)7-10)15-8-13(4)17(14(5)9-15)21-18(19)20;1-3-4(2)5/h6-9H,1-5H3,(H4,19,20,21);4-5H,3H2,1-2H3. The first-order valence-electron chi connectivity index (χ1n) is 9.03. The van der Waals surface area contributed by atoms with Crippen LogP contribution in [-0.4, -0.2) is 17.2 Å². The molecule has 4 heteroatoms. The second-order valence-electron chi connectivity index (χ2n) is 7.03. The Kier molecular flexibility index (Phi) is 7.84. The highest BCUT2D eigenvalue weighted by molar-refractivity contribution is 5.82. The van der Waals surface area contributed by atoms with Gasteiger partial charge in [-0.05, 0) is 93.5 Å². The van der Waals surface area contributed by atoms with E-state index >= 15 is 0 Å². The Morgan fingerprint density at radius 2 is 1.35 bits per heavy atom. The van der Waals surface area contributed by atoms with Gasteiger partial charge in [0, 0.05) is 0 Å². The van der Waals surface area contributed by atoms with E-state index in [-0.39, 0.29) is 12.1 Å². The van der Waals surface area contributed by atoms with E-state index in [1.807, 2.05) is 20.8 Å². The highest BCUT2D eigenvalue weighted by Crippen LogP contribution is 2.34. The fourth-order valence-corrected chi connectivity index (χ4v) is 3.04. The second kappa shape index (κ2) is 9.39. The molecule has 4 nitrogen and oxygen atoms in total. The molecule has 0 amide bonds. The second-order valence-corrected chi connectivity index (χ2v) is 7.03. The van der Waals surface area contributed by atoms with Crippen LogP contribution < -0.4 is 11.5 Å². The number of nitrogens with two attached hydrogens (primary N) is 2. The summed E-state index contributed by atoms with van der Waals surface area (Å²) in [7, 11) is 0. The molecular weight excluding hydrogens is 322 g/mol. The molecule has 0 aliphatic heterocycles. The molecule has 0 aliphatic carbocycles. The fraction of sp³-hybridized carbons (Fsp3) is 0.409. The number of aliphatic imine (C=N–C) groups is 1. The van der Waals surface area contributed by atoms with Gasteiger partial charge in [0.15, 0.2) is 5.96 Å². The summed E-state index contributed by atoms with van der Waals surface area (Å²) in [4.78, 5) is 4.22. The summed E-state index contributed by atoms with van der Waals surface area (Å²) >= 11 is 0. The lowest BCUT2D eigenvalue weighted by Gasteiger charge is -2.15. The van der Waals surface area contributed by atoms with E-state index in [0.29, 0.717) is 0 Å². The first kappa shape index (κ1) is 21.7. The van der Waals surface area contributed by atoms with Gasteiger partial charge < -0.3 is 16.6 Å². The Labute approximate surface area is 158 Å². The maximum absolute atomic E-state index is 8.36. The third-order valence-electron chi connectivity index (χ3n) is 4.29. The molecule has 2 aromatic carbocycles. The average Bonchev–Trinajstić information content (AvgIpc) is 2.50. The lowest BCUT2D eigenvalue weighted by molar-refractivity contribution is 0.191. The smallest absolute Gasteiger partial charge is 0.191 e. The van der Waals surface area contributed by atoms with Crippen LogP contribution in [0.4, 0.5) is 5.69 Å². The SMILES string of the molecule is CCC(C)O.Cc1cc(C)c(-c2cc(C)c(N=C(N)N)c(C)c2)c(C)c1. The molecule has 0 saturated carbocycles. The molecule has 5 N–H and O–H groups in total. The molecule has 0 spiro atoms. The van der Waals surface area contributed by atoms with Gasteiger partial charge >= 0.3 is 0 Å². The highest BCUT2D eigenvalue weighted by Gasteiger charge is 2.10. The van der Waals surface area contributed by atoms with Crippen LogP contribution >= 0.6 is 0 Å². The Morgan fingerprint density at radius 1 is 0.923 bits per heavy atom. The third-order valence-corrected chi connectivity index (χ3v) is 4.29. The van der Waals surface area contributed by atoms with Crippen molar-refractivity contribution in [3.8, 4) is 11.1 Å². The summed E-state index contributed by atoms with van der Waals surface area (Å²) < 4.78 is 0. The predicted molar refractivity (Wildman–Crippen MR) is 113 cm³/mol. The van der Waals surface area contributed by atoms with Crippen molar-refractivity contribution < 1.29 is 5.11 Å². The summed E-state index contributed by atoms with van der Waals surface area (Å²) in [5.41, 5.74) is 20.4. The number of nitrogens with zero attached hydrogens (tertiary/aromatic N) is 1. The van der Waals surface area contributed by atoms with Gasteiger partial charge in [0.2, 0.25) is 0 Å². The summed E-state index contributed by atoms with van der Waals surface area (Å²) in [5.74, 6) is 0.0941. The molecule has 0 aliphatic rings. The number of aryl methyl sites for hydroxylation is 5. The van der Waals surface area contributed by atoms with Gasteiger partial charge in [0.05, 0.1) is 11.8 Å². The average molecular weight is 356 g/mol. The number of rotatable bonds is 3. The van der Waals surface area contributed by atoms with Crippen LogP contribution in [-0.2, 0) is 0 Å². The van der Waals surface area contributed by atoms with Gasteiger partial charge in [-0.2, -0.15) is 0 Å². The Morgan fingerprint density at radius 3 is 1.69 bits per heavy atom. The molecule has 26 heavy (non-hydrogen) atoms. The summed E-state index contributed by atoms with van der Waals surface area (Å²) in [6.45, 7) is 14.2. The maximum atomic E-state index is 8.36. The molecule has 0 heterocycles. The van der Waals surface area contributed by atoms with Gasteiger partial charge in [-0.1, -0.05) is 24.6 Å². The van der Waals surface area contributed by atoms with Crippen LogP contribution in [0.25, 0.3) is 11.1 Å². The van der Waals surface area contributed by atoms with Crippen LogP contribution in [0.15, 0.2) is 29.3 Å². The predicted octanol–water partition coefficient (Wildman–Crippen LogP) is 4.58. The lowest BCUT2D eigenvalue weighted by Crippen LogP contribution is -2.22. The molecule has 0 bridgehead atoms. The van der Waals surface area contributed by atoms with E-state index in [0.717, 1.165) is 23.2 Å². The van der Waals surface area contributed by atoms with Crippen molar-refractivity contribution in [3.63, 3.8) is 0 Å². The molecule has 1 atom stereocenters. The molecule has 142 valence electrons. The lowest BCUT2D eigenvalue weighted by atomic mass is 9.91. The normalized spacial score (nSPS) is 11.4. The fourth-order valence-electron chi connectivity index (χ4n) is 3.04. The van der Waals surface area contributed by atoms with Crippen molar-refractivity contribution in [2.75, 3.05) is 0 Å². The minimum atomic E-state index is -0.116. The van der Waals surface area contributed by atoms with Crippen molar-refractivity contribution in [3.05, 3.63) is 52.1 Å². The van der Waals surface area contributed by atoms with Gasteiger partial charge in [0.1, 0.15) is 0 Å². The Bertz CT molecular complexity index is 742. The van der Waals surface area contributed by atoms with E-state index < -0.39 is 0 Å². The zero-order chi connectivity index (χ0) is 20.0. The maximum Gasteiger partial charge on any atom is 0.191 e. The van der Waals surface area contributed by atoms with Crippen LogP contribution in [0, 0.1) is 34.6 Å².